The molecule has 0 unspecified atom stereocenters. The van der Waals surface area contributed by atoms with Gasteiger partial charge in [0.2, 0.25) is 0 Å². The first-order chi connectivity index (χ1) is 12.3. The molecule has 0 amide bonds. The Kier molecular flexibility index (Phi) is 4.70. The van der Waals surface area contributed by atoms with Gasteiger partial charge in [-0.15, -0.1) is 0 Å². The molecule has 1 aliphatic rings. The number of fused-ring (bicyclic) bond motifs is 1. The summed E-state index contributed by atoms with van der Waals surface area (Å²) in [6.45, 7) is 3.50. The summed E-state index contributed by atoms with van der Waals surface area (Å²) in [5.41, 5.74) is 2.56. The predicted octanol–water partition coefficient (Wildman–Crippen LogP) is 4.56. The molecular weight excluding hydrogens is 374 g/mol. The Labute approximate surface area is 156 Å². The van der Waals surface area contributed by atoms with Gasteiger partial charge < -0.3 is 10.2 Å². The van der Waals surface area contributed by atoms with E-state index in [2.05, 4.69) is 97.9 Å². The summed E-state index contributed by atoms with van der Waals surface area (Å²) in [4.78, 5) is 6.94. The quantitative estimate of drug-likeness (QED) is 0.703. The fraction of sp³-hybridized carbons (Fsp3) is 0.190. The Morgan fingerprint density at radius 2 is 1.76 bits per heavy atom. The molecule has 0 radical (unpaired) electrons. The summed E-state index contributed by atoms with van der Waals surface area (Å²) in [5, 5.41) is 6.01. The van der Waals surface area contributed by atoms with Gasteiger partial charge >= 0.3 is 0 Å². The Morgan fingerprint density at radius 3 is 2.64 bits per heavy atom. The van der Waals surface area contributed by atoms with E-state index in [1.165, 1.54) is 21.9 Å². The highest BCUT2D eigenvalue weighted by molar-refractivity contribution is 9.10. The number of hydrogen-bond donors (Lipinski definition) is 1. The van der Waals surface area contributed by atoms with Crippen molar-refractivity contribution in [3.8, 4) is 0 Å². The summed E-state index contributed by atoms with van der Waals surface area (Å²) in [5.74, 6) is 0.994. The van der Waals surface area contributed by atoms with E-state index in [9.17, 15) is 0 Å². The van der Waals surface area contributed by atoms with Gasteiger partial charge in [0.05, 0.1) is 6.54 Å². The van der Waals surface area contributed by atoms with E-state index in [1.807, 2.05) is 0 Å². The smallest absolute Gasteiger partial charge is 0.194 e. The Morgan fingerprint density at radius 1 is 0.960 bits per heavy atom. The fourth-order valence-electron chi connectivity index (χ4n) is 3.21. The van der Waals surface area contributed by atoms with Crippen LogP contribution in [0.4, 0.5) is 0 Å². The second kappa shape index (κ2) is 7.28. The van der Waals surface area contributed by atoms with Crippen molar-refractivity contribution in [2.45, 2.75) is 13.1 Å². The molecule has 4 heteroatoms. The Balaban J connectivity index is 1.45. The van der Waals surface area contributed by atoms with E-state index in [-0.39, 0.29) is 0 Å². The minimum absolute atomic E-state index is 0.771. The lowest BCUT2D eigenvalue weighted by Crippen LogP contribution is -2.37. The lowest BCUT2D eigenvalue weighted by atomic mass is 10.1. The molecule has 0 fully saturated rings. The molecule has 1 N–H and O–H groups in total. The van der Waals surface area contributed by atoms with Crippen molar-refractivity contribution in [1.82, 2.24) is 10.2 Å². The lowest BCUT2D eigenvalue weighted by Gasteiger charge is -2.21. The second-order valence-corrected chi connectivity index (χ2v) is 7.12. The van der Waals surface area contributed by atoms with Gasteiger partial charge in [-0.2, -0.15) is 0 Å². The minimum atomic E-state index is 0.771. The van der Waals surface area contributed by atoms with Crippen molar-refractivity contribution >= 4 is 32.7 Å². The number of hydrogen-bond acceptors (Lipinski definition) is 3. The van der Waals surface area contributed by atoms with Crippen LogP contribution in [0.15, 0.2) is 76.2 Å². The largest absolute Gasteiger partial charge is 0.352 e. The van der Waals surface area contributed by atoms with Gasteiger partial charge in [0.15, 0.2) is 5.96 Å². The van der Waals surface area contributed by atoms with Crippen LogP contribution in [-0.4, -0.2) is 23.9 Å². The van der Waals surface area contributed by atoms with Crippen LogP contribution in [0, 0.1) is 0 Å². The standard InChI is InChI=1S/C21H20BrN3/c22-20-13-17(12-18-8-4-5-9-19(18)20)14-24-21-23-10-11-25(21)15-16-6-2-1-3-7-16/h1-9,12-13H,10-11,14-15H2,(H,23,24). The molecule has 0 aliphatic carbocycles. The summed E-state index contributed by atoms with van der Waals surface area (Å²) >= 11 is 3.69. The predicted molar refractivity (Wildman–Crippen MR) is 108 cm³/mol. The van der Waals surface area contributed by atoms with Crippen LogP contribution in [0.1, 0.15) is 11.1 Å². The topological polar surface area (TPSA) is 27.6 Å². The highest BCUT2D eigenvalue weighted by atomic mass is 79.9. The summed E-state index contributed by atoms with van der Waals surface area (Å²) in [6, 6.07) is 23.4. The fourth-order valence-corrected chi connectivity index (χ4v) is 3.87. The summed E-state index contributed by atoms with van der Waals surface area (Å²) < 4.78 is 1.14. The van der Waals surface area contributed by atoms with Gasteiger partial charge in [-0.25, -0.2) is 0 Å². The molecule has 3 aromatic rings. The maximum absolute atomic E-state index is 4.63. The number of guanidine groups is 1. The van der Waals surface area contributed by atoms with Crippen LogP contribution in [0.5, 0.6) is 0 Å². The molecule has 0 aromatic heterocycles. The zero-order chi connectivity index (χ0) is 17.1. The molecule has 3 aromatic carbocycles. The maximum atomic E-state index is 4.63. The van der Waals surface area contributed by atoms with E-state index in [0.29, 0.717) is 0 Å². The molecule has 1 aliphatic heterocycles. The number of nitrogens with zero attached hydrogens (tertiary/aromatic N) is 2. The van der Waals surface area contributed by atoms with Crippen molar-refractivity contribution in [3.05, 3.63) is 82.3 Å². The second-order valence-electron chi connectivity index (χ2n) is 6.26. The highest BCUT2D eigenvalue weighted by Gasteiger charge is 2.16. The first-order valence-corrected chi connectivity index (χ1v) is 9.33. The molecule has 0 atom stereocenters. The Bertz CT molecular complexity index is 905. The molecule has 1 heterocycles. The van der Waals surface area contributed by atoms with E-state index >= 15 is 0 Å². The zero-order valence-corrected chi connectivity index (χ0v) is 15.5. The highest BCUT2D eigenvalue weighted by Crippen LogP contribution is 2.25. The van der Waals surface area contributed by atoms with Crippen LogP contribution in [0.3, 0.4) is 0 Å². The van der Waals surface area contributed by atoms with Gasteiger partial charge in [0.25, 0.3) is 0 Å². The van der Waals surface area contributed by atoms with Crippen molar-refractivity contribution < 1.29 is 0 Å². The zero-order valence-electron chi connectivity index (χ0n) is 14.0. The summed E-state index contributed by atoms with van der Waals surface area (Å²) in [7, 11) is 0. The molecule has 0 spiro atoms. The first kappa shape index (κ1) is 16.2. The van der Waals surface area contributed by atoms with Crippen molar-refractivity contribution in [3.63, 3.8) is 0 Å². The molecule has 25 heavy (non-hydrogen) atoms. The van der Waals surface area contributed by atoms with Crippen molar-refractivity contribution in [2.75, 3.05) is 13.1 Å². The van der Waals surface area contributed by atoms with Crippen LogP contribution < -0.4 is 5.32 Å². The molecule has 0 saturated heterocycles. The van der Waals surface area contributed by atoms with Crippen LogP contribution >= 0.6 is 15.9 Å². The molecule has 0 bridgehead atoms. The number of rotatable bonds is 4. The van der Waals surface area contributed by atoms with Gasteiger partial charge in [0.1, 0.15) is 0 Å². The van der Waals surface area contributed by atoms with E-state index in [4.69, 9.17) is 0 Å². The third kappa shape index (κ3) is 3.69. The maximum Gasteiger partial charge on any atom is 0.194 e. The van der Waals surface area contributed by atoms with E-state index < -0.39 is 0 Å². The molecular formula is C21H20BrN3. The third-order valence-electron chi connectivity index (χ3n) is 4.47. The normalized spacial score (nSPS) is 14.0. The Hall–Kier alpha value is -2.33. The van der Waals surface area contributed by atoms with Gasteiger partial charge in [-0.1, -0.05) is 70.5 Å². The molecule has 126 valence electrons. The molecule has 4 rings (SSSR count). The average Bonchev–Trinajstić information content (AvgIpc) is 3.08. The van der Waals surface area contributed by atoms with Gasteiger partial charge in [-0.3, -0.25) is 4.99 Å². The van der Waals surface area contributed by atoms with Gasteiger partial charge in [-0.05, 0) is 34.0 Å². The molecule has 3 nitrogen and oxygen atoms in total. The number of benzene rings is 3. The van der Waals surface area contributed by atoms with Crippen LogP contribution in [-0.2, 0) is 13.1 Å². The number of halogens is 1. The number of nitrogens with one attached hydrogen (secondary N) is 1. The average molecular weight is 394 g/mol. The SMILES string of the molecule is Brc1cc(CNC2=NCCN2Cc2ccccc2)cc2ccccc12. The first-order valence-electron chi connectivity index (χ1n) is 8.54. The van der Waals surface area contributed by atoms with E-state index in [1.54, 1.807) is 0 Å². The minimum Gasteiger partial charge on any atom is -0.352 e. The van der Waals surface area contributed by atoms with Crippen LogP contribution in [0.2, 0.25) is 0 Å². The number of aliphatic imine (C=N–C) groups is 1. The van der Waals surface area contributed by atoms with E-state index in [0.717, 1.165) is 36.6 Å². The summed E-state index contributed by atoms with van der Waals surface area (Å²) in [6.07, 6.45) is 0. The van der Waals surface area contributed by atoms with Crippen molar-refractivity contribution in [1.29, 1.82) is 0 Å². The van der Waals surface area contributed by atoms with Gasteiger partial charge in [0, 0.05) is 24.1 Å². The monoisotopic (exact) mass is 393 g/mol. The third-order valence-corrected chi connectivity index (χ3v) is 5.13. The lowest BCUT2D eigenvalue weighted by molar-refractivity contribution is 0.436. The van der Waals surface area contributed by atoms with Crippen molar-refractivity contribution in [2.24, 2.45) is 4.99 Å². The van der Waals surface area contributed by atoms with Crippen LogP contribution in [0.25, 0.3) is 10.8 Å². The molecule has 0 saturated carbocycles.